The van der Waals surface area contributed by atoms with E-state index in [1.165, 1.54) is 24.2 Å². The summed E-state index contributed by atoms with van der Waals surface area (Å²) in [7, 11) is 0. The average molecular weight is 389 g/mol. The molecule has 0 unspecified atom stereocenters. The monoisotopic (exact) mass is 389 g/mol. The molecule has 1 aromatic rings. The average Bonchev–Trinajstić information content (AvgIpc) is 3.22. The van der Waals surface area contributed by atoms with Crippen LogP contribution in [0.5, 0.6) is 17.2 Å². The molecule has 6 nitrogen and oxygen atoms in total. The summed E-state index contributed by atoms with van der Waals surface area (Å²) in [4.78, 5) is 27.1. The van der Waals surface area contributed by atoms with Crippen LogP contribution in [0.25, 0.3) is 6.08 Å². The lowest BCUT2D eigenvalue weighted by Crippen LogP contribution is -2.34. The number of fused-ring (bicyclic) bond motifs is 1. The molecule has 144 valence electrons. The number of hydrogen-bond acceptors (Lipinski definition) is 6. The summed E-state index contributed by atoms with van der Waals surface area (Å²) in [5.41, 5.74) is 0.712. The Hall–Kier alpha value is -2.15. The molecule has 2 aliphatic heterocycles. The topological polar surface area (TPSA) is 65.1 Å². The van der Waals surface area contributed by atoms with Gasteiger partial charge in [-0.3, -0.25) is 14.5 Å². The van der Waals surface area contributed by atoms with E-state index in [9.17, 15) is 9.59 Å². The van der Waals surface area contributed by atoms with Crippen LogP contribution in [0, 0.1) is 5.92 Å². The van der Waals surface area contributed by atoms with Crippen molar-refractivity contribution < 1.29 is 23.8 Å². The van der Waals surface area contributed by atoms with E-state index in [0.717, 1.165) is 24.6 Å². The second-order valence-corrected chi connectivity index (χ2v) is 7.97. The lowest BCUT2D eigenvalue weighted by molar-refractivity contribution is -0.123. The van der Waals surface area contributed by atoms with Crippen molar-refractivity contribution in [3.8, 4) is 17.2 Å². The molecule has 2 amide bonds. The molecule has 0 aromatic heterocycles. The Bertz CT molecular complexity index is 785. The third-order valence-electron chi connectivity index (χ3n) is 5.13. The zero-order valence-electron chi connectivity index (χ0n) is 15.4. The molecular formula is C20H23NO5S. The molecule has 27 heavy (non-hydrogen) atoms. The van der Waals surface area contributed by atoms with E-state index < -0.39 is 0 Å². The lowest BCUT2D eigenvalue weighted by atomic mass is 9.89. The quantitative estimate of drug-likeness (QED) is 0.694. The first-order valence-corrected chi connectivity index (χ1v) is 10.3. The van der Waals surface area contributed by atoms with Crippen LogP contribution in [0.3, 0.4) is 0 Å². The Kier molecular flexibility index (Phi) is 5.29. The number of ether oxygens (including phenoxy) is 3. The Morgan fingerprint density at radius 3 is 2.67 bits per heavy atom. The highest BCUT2D eigenvalue weighted by Gasteiger charge is 2.36. The molecule has 2 heterocycles. The van der Waals surface area contributed by atoms with Gasteiger partial charge in [0.15, 0.2) is 11.5 Å². The lowest BCUT2D eigenvalue weighted by Gasteiger charge is -2.25. The molecule has 0 bridgehead atoms. The first kappa shape index (κ1) is 18.2. The molecule has 0 radical (unpaired) electrons. The van der Waals surface area contributed by atoms with Crippen LogP contribution in [0.4, 0.5) is 4.79 Å². The fraction of sp³-hybridized carbons (Fsp3) is 0.500. The molecule has 1 saturated heterocycles. The summed E-state index contributed by atoms with van der Waals surface area (Å²) in [6.07, 6.45) is 7.54. The van der Waals surface area contributed by atoms with E-state index in [1.54, 1.807) is 18.2 Å². The van der Waals surface area contributed by atoms with Crippen LogP contribution in [0.1, 0.15) is 44.6 Å². The van der Waals surface area contributed by atoms with Gasteiger partial charge in [-0.1, -0.05) is 19.3 Å². The van der Waals surface area contributed by atoms with Gasteiger partial charge in [0.25, 0.3) is 11.1 Å². The van der Waals surface area contributed by atoms with Crippen LogP contribution in [-0.2, 0) is 4.79 Å². The minimum Gasteiger partial charge on any atom is -0.493 e. The molecule has 2 fully saturated rings. The predicted molar refractivity (Wildman–Crippen MR) is 103 cm³/mol. The van der Waals surface area contributed by atoms with E-state index in [0.29, 0.717) is 46.8 Å². The van der Waals surface area contributed by atoms with Gasteiger partial charge in [-0.25, -0.2) is 0 Å². The van der Waals surface area contributed by atoms with Gasteiger partial charge in [0.2, 0.25) is 6.79 Å². The largest absolute Gasteiger partial charge is 0.493 e. The van der Waals surface area contributed by atoms with Crippen molar-refractivity contribution in [2.75, 3.05) is 19.9 Å². The van der Waals surface area contributed by atoms with Crippen LogP contribution in [0.2, 0.25) is 0 Å². The zero-order valence-corrected chi connectivity index (χ0v) is 16.2. The number of rotatable bonds is 5. The number of imide groups is 1. The van der Waals surface area contributed by atoms with Gasteiger partial charge in [-0.15, -0.1) is 0 Å². The molecule has 1 saturated carbocycles. The van der Waals surface area contributed by atoms with Gasteiger partial charge in [-0.2, -0.15) is 0 Å². The second-order valence-electron chi connectivity index (χ2n) is 6.97. The molecule has 3 aliphatic rings. The van der Waals surface area contributed by atoms with E-state index >= 15 is 0 Å². The second kappa shape index (κ2) is 7.84. The number of nitrogens with zero attached hydrogens (tertiary/aromatic N) is 1. The van der Waals surface area contributed by atoms with Gasteiger partial charge in [0, 0.05) is 18.2 Å². The number of carbonyl (C=O) groups excluding carboxylic acids is 2. The minimum absolute atomic E-state index is 0.169. The Balaban J connectivity index is 1.57. The van der Waals surface area contributed by atoms with Crippen molar-refractivity contribution in [3.05, 3.63) is 22.6 Å². The molecule has 1 aromatic carbocycles. The van der Waals surface area contributed by atoms with Crippen molar-refractivity contribution in [2.45, 2.75) is 39.0 Å². The summed E-state index contributed by atoms with van der Waals surface area (Å²) in [6, 6.07) is 3.56. The normalized spacial score (nSPS) is 21.4. The third kappa shape index (κ3) is 3.78. The van der Waals surface area contributed by atoms with Gasteiger partial charge >= 0.3 is 0 Å². The summed E-state index contributed by atoms with van der Waals surface area (Å²) < 4.78 is 16.5. The van der Waals surface area contributed by atoms with Crippen molar-refractivity contribution in [1.29, 1.82) is 0 Å². The Morgan fingerprint density at radius 1 is 1.19 bits per heavy atom. The fourth-order valence-corrected chi connectivity index (χ4v) is 4.60. The maximum absolute atomic E-state index is 12.8. The number of amides is 2. The van der Waals surface area contributed by atoms with E-state index in [2.05, 4.69) is 0 Å². The summed E-state index contributed by atoms with van der Waals surface area (Å²) in [6.45, 7) is 3.08. The number of benzene rings is 1. The van der Waals surface area contributed by atoms with Crippen LogP contribution in [-0.4, -0.2) is 36.0 Å². The number of hydrogen-bond donors (Lipinski definition) is 0. The van der Waals surface area contributed by atoms with Gasteiger partial charge in [0.1, 0.15) is 5.75 Å². The van der Waals surface area contributed by atoms with Gasteiger partial charge < -0.3 is 14.2 Å². The maximum Gasteiger partial charge on any atom is 0.293 e. The number of thioether (sulfide) groups is 1. The van der Waals surface area contributed by atoms with E-state index in [-0.39, 0.29) is 17.9 Å². The first-order chi connectivity index (χ1) is 13.2. The molecule has 0 atom stereocenters. The Morgan fingerprint density at radius 2 is 1.93 bits per heavy atom. The zero-order chi connectivity index (χ0) is 18.8. The molecule has 0 N–H and O–H groups in total. The van der Waals surface area contributed by atoms with Gasteiger partial charge in [-0.05, 0) is 49.6 Å². The molecule has 1 aliphatic carbocycles. The first-order valence-electron chi connectivity index (χ1n) is 9.47. The maximum atomic E-state index is 12.8. The minimum atomic E-state index is -0.212. The van der Waals surface area contributed by atoms with Crippen LogP contribution < -0.4 is 14.2 Å². The molecule has 4 rings (SSSR count). The standard InChI is InChI=1S/C20H23NO5S/c1-2-24-15-10-17-16(25-12-26-17)8-14(15)9-18-19(22)21(20(23)27-18)11-13-6-4-3-5-7-13/h8-10,13H,2-7,11-12H2,1H3/b18-9+. The summed E-state index contributed by atoms with van der Waals surface area (Å²) in [5.74, 6) is 2.07. The highest BCUT2D eigenvalue weighted by molar-refractivity contribution is 8.18. The van der Waals surface area contributed by atoms with Crippen molar-refractivity contribution in [1.82, 2.24) is 4.90 Å². The van der Waals surface area contributed by atoms with Gasteiger partial charge in [0.05, 0.1) is 11.5 Å². The van der Waals surface area contributed by atoms with Crippen molar-refractivity contribution >= 4 is 29.0 Å². The fourth-order valence-electron chi connectivity index (χ4n) is 3.76. The predicted octanol–water partition coefficient (Wildman–Crippen LogP) is 4.43. The number of carbonyl (C=O) groups is 2. The van der Waals surface area contributed by atoms with Crippen molar-refractivity contribution in [2.24, 2.45) is 5.92 Å². The highest BCUT2D eigenvalue weighted by Crippen LogP contribution is 2.41. The summed E-state index contributed by atoms with van der Waals surface area (Å²) >= 11 is 0.996. The van der Waals surface area contributed by atoms with Crippen molar-refractivity contribution in [3.63, 3.8) is 0 Å². The smallest absolute Gasteiger partial charge is 0.293 e. The molecule has 0 spiro atoms. The SMILES string of the molecule is CCOc1cc2c(cc1/C=C1/SC(=O)N(CC3CCCCC3)C1=O)OCO2. The molecular weight excluding hydrogens is 366 g/mol. The van der Waals surface area contributed by atoms with Crippen LogP contribution >= 0.6 is 11.8 Å². The third-order valence-corrected chi connectivity index (χ3v) is 6.04. The highest BCUT2D eigenvalue weighted by atomic mass is 32.2. The van der Waals surface area contributed by atoms with E-state index in [4.69, 9.17) is 14.2 Å². The van der Waals surface area contributed by atoms with Crippen LogP contribution in [0.15, 0.2) is 17.0 Å². The molecule has 7 heteroatoms. The van der Waals surface area contributed by atoms with E-state index in [1.807, 2.05) is 6.92 Å². The summed E-state index contributed by atoms with van der Waals surface area (Å²) in [5, 5.41) is -0.185. The Labute approximate surface area is 162 Å².